The lowest BCUT2D eigenvalue weighted by atomic mass is 9.97. The van der Waals surface area contributed by atoms with E-state index in [0.717, 1.165) is 23.2 Å². The SMILES string of the molecule is Cc1cccc(C)c1NC(=O)C(c1ccccc1)N(C(=O)C(CS)NC(=O)OC(C)(C)C)C(C)CCC(C)C. The van der Waals surface area contributed by atoms with Gasteiger partial charge in [-0.25, -0.2) is 4.79 Å². The number of hydrogen-bond acceptors (Lipinski definition) is 5. The molecule has 3 unspecified atom stereocenters. The Balaban J connectivity index is 2.56. The highest BCUT2D eigenvalue weighted by atomic mass is 32.1. The largest absolute Gasteiger partial charge is 0.444 e. The molecule has 214 valence electrons. The summed E-state index contributed by atoms with van der Waals surface area (Å²) in [4.78, 5) is 42.5. The number of hydrogen-bond donors (Lipinski definition) is 3. The highest BCUT2D eigenvalue weighted by molar-refractivity contribution is 7.80. The summed E-state index contributed by atoms with van der Waals surface area (Å²) >= 11 is 4.39. The topological polar surface area (TPSA) is 87.7 Å². The quantitative estimate of drug-likeness (QED) is 0.278. The van der Waals surface area contributed by atoms with E-state index in [0.29, 0.717) is 17.9 Å². The summed E-state index contributed by atoms with van der Waals surface area (Å²) in [5.74, 6) is -0.245. The molecule has 0 saturated carbocycles. The van der Waals surface area contributed by atoms with Crippen LogP contribution in [0.2, 0.25) is 0 Å². The summed E-state index contributed by atoms with van der Waals surface area (Å²) in [6.45, 7) is 15.4. The maximum atomic E-state index is 14.2. The summed E-state index contributed by atoms with van der Waals surface area (Å²) in [7, 11) is 0. The van der Waals surface area contributed by atoms with Crippen LogP contribution in [0, 0.1) is 19.8 Å². The minimum Gasteiger partial charge on any atom is -0.444 e. The van der Waals surface area contributed by atoms with E-state index in [9.17, 15) is 14.4 Å². The average molecular weight is 556 g/mol. The lowest BCUT2D eigenvalue weighted by molar-refractivity contribution is -0.143. The molecule has 2 aromatic carbocycles. The average Bonchev–Trinajstić information content (AvgIpc) is 2.85. The first-order chi connectivity index (χ1) is 18.2. The second-order valence-electron chi connectivity index (χ2n) is 11.5. The lowest BCUT2D eigenvalue weighted by Crippen LogP contribution is -2.55. The van der Waals surface area contributed by atoms with Gasteiger partial charge in [0.2, 0.25) is 5.91 Å². The zero-order valence-electron chi connectivity index (χ0n) is 24.6. The van der Waals surface area contributed by atoms with Crippen LogP contribution >= 0.6 is 12.6 Å². The summed E-state index contributed by atoms with van der Waals surface area (Å²) in [5, 5.41) is 5.77. The van der Waals surface area contributed by atoms with Crippen molar-refractivity contribution in [3.05, 3.63) is 65.2 Å². The van der Waals surface area contributed by atoms with E-state index in [1.165, 1.54) is 0 Å². The van der Waals surface area contributed by atoms with Crippen molar-refractivity contribution in [3.8, 4) is 0 Å². The molecule has 0 aliphatic carbocycles. The second kappa shape index (κ2) is 14.4. The number of carbonyl (C=O) groups excluding carboxylic acids is 3. The highest BCUT2D eigenvalue weighted by Crippen LogP contribution is 2.30. The van der Waals surface area contributed by atoms with E-state index in [1.54, 1.807) is 25.7 Å². The number of nitrogens with zero attached hydrogens (tertiary/aromatic N) is 1. The van der Waals surface area contributed by atoms with Crippen LogP contribution < -0.4 is 10.6 Å². The van der Waals surface area contributed by atoms with Crippen molar-refractivity contribution in [2.45, 2.75) is 92.0 Å². The monoisotopic (exact) mass is 555 g/mol. The van der Waals surface area contributed by atoms with Crippen LogP contribution in [-0.2, 0) is 14.3 Å². The van der Waals surface area contributed by atoms with E-state index in [1.807, 2.05) is 69.3 Å². The fraction of sp³-hybridized carbons (Fsp3) is 0.516. The first kappa shape index (κ1) is 32.2. The molecular weight excluding hydrogens is 510 g/mol. The molecule has 8 heteroatoms. The van der Waals surface area contributed by atoms with Gasteiger partial charge in [0.15, 0.2) is 0 Å². The predicted octanol–water partition coefficient (Wildman–Crippen LogP) is 6.46. The molecule has 0 aromatic heterocycles. The maximum Gasteiger partial charge on any atom is 0.408 e. The Labute approximate surface area is 239 Å². The van der Waals surface area contributed by atoms with Gasteiger partial charge in [0, 0.05) is 17.5 Å². The minimum absolute atomic E-state index is 0.0471. The number of anilines is 1. The van der Waals surface area contributed by atoms with Crippen molar-refractivity contribution in [1.29, 1.82) is 0 Å². The lowest BCUT2D eigenvalue weighted by Gasteiger charge is -2.38. The van der Waals surface area contributed by atoms with Crippen LogP contribution in [-0.4, -0.2) is 46.2 Å². The molecule has 0 aliphatic rings. The van der Waals surface area contributed by atoms with Crippen molar-refractivity contribution in [3.63, 3.8) is 0 Å². The number of rotatable bonds is 11. The molecular formula is C31H45N3O4S. The number of para-hydroxylation sites is 1. The molecule has 3 amide bonds. The Morgan fingerprint density at radius 3 is 2.03 bits per heavy atom. The number of benzene rings is 2. The minimum atomic E-state index is -0.983. The van der Waals surface area contributed by atoms with Gasteiger partial charge in [0.1, 0.15) is 17.7 Å². The second-order valence-corrected chi connectivity index (χ2v) is 11.9. The van der Waals surface area contributed by atoms with Gasteiger partial charge in [0.25, 0.3) is 5.91 Å². The van der Waals surface area contributed by atoms with E-state index in [-0.39, 0.29) is 17.7 Å². The number of thiol groups is 1. The first-order valence-corrected chi connectivity index (χ1v) is 14.2. The van der Waals surface area contributed by atoms with Crippen LogP contribution in [0.1, 0.15) is 77.1 Å². The van der Waals surface area contributed by atoms with Gasteiger partial charge in [-0.1, -0.05) is 62.4 Å². The summed E-state index contributed by atoms with van der Waals surface area (Å²) in [6.07, 6.45) is 0.853. The number of carbonyl (C=O) groups is 3. The Morgan fingerprint density at radius 2 is 1.51 bits per heavy atom. The standard InChI is InChI=1S/C31H45N3O4S/c1-20(2)17-18-23(5)34(29(36)25(19-39)32-30(37)38-31(6,7)8)27(24-15-10-9-11-16-24)28(35)33-26-21(3)13-12-14-22(26)4/h9-16,20,23,25,27,39H,17-19H2,1-8H3,(H,32,37)(H,33,35). The molecule has 2 N–H and O–H groups in total. The molecule has 0 spiro atoms. The number of amides is 3. The molecule has 0 saturated heterocycles. The van der Waals surface area contributed by atoms with Gasteiger partial charge < -0.3 is 20.3 Å². The zero-order chi connectivity index (χ0) is 29.3. The Morgan fingerprint density at radius 1 is 0.923 bits per heavy atom. The molecule has 0 aliphatic heterocycles. The maximum absolute atomic E-state index is 14.2. The molecule has 0 heterocycles. The molecule has 3 atom stereocenters. The third kappa shape index (κ3) is 9.60. The molecule has 2 rings (SSSR count). The van der Waals surface area contributed by atoms with Crippen molar-refractivity contribution < 1.29 is 19.1 Å². The van der Waals surface area contributed by atoms with Gasteiger partial charge in [-0.3, -0.25) is 9.59 Å². The Kier molecular flexibility index (Phi) is 11.9. The van der Waals surface area contributed by atoms with E-state index in [4.69, 9.17) is 4.74 Å². The fourth-order valence-electron chi connectivity index (χ4n) is 4.40. The van der Waals surface area contributed by atoms with Crippen LogP contribution in [0.15, 0.2) is 48.5 Å². The predicted molar refractivity (Wildman–Crippen MR) is 161 cm³/mol. The van der Waals surface area contributed by atoms with Crippen molar-refractivity contribution in [1.82, 2.24) is 10.2 Å². The van der Waals surface area contributed by atoms with Crippen LogP contribution in [0.4, 0.5) is 10.5 Å². The van der Waals surface area contributed by atoms with Crippen LogP contribution in [0.25, 0.3) is 0 Å². The molecule has 0 bridgehead atoms. The summed E-state index contributed by atoms with van der Waals surface area (Å²) < 4.78 is 5.40. The van der Waals surface area contributed by atoms with Gasteiger partial charge in [-0.15, -0.1) is 0 Å². The van der Waals surface area contributed by atoms with Gasteiger partial charge in [-0.2, -0.15) is 12.6 Å². The van der Waals surface area contributed by atoms with Crippen LogP contribution in [0.3, 0.4) is 0 Å². The highest BCUT2D eigenvalue weighted by Gasteiger charge is 2.38. The number of ether oxygens (including phenoxy) is 1. The fourth-order valence-corrected chi connectivity index (χ4v) is 4.65. The number of nitrogens with one attached hydrogen (secondary N) is 2. The third-order valence-electron chi connectivity index (χ3n) is 6.43. The zero-order valence-corrected chi connectivity index (χ0v) is 25.5. The van der Waals surface area contributed by atoms with E-state index in [2.05, 4.69) is 37.1 Å². The number of alkyl carbamates (subject to hydrolysis) is 1. The van der Waals surface area contributed by atoms with Gasteiger partial charge in [0.05, 0.1) is 0 Å². The third-order valence-corrected chi connectivity index (χ3v) is 6.80. The molecule has 0 radical (unpaired) electrons. The van der Waals surface area contributed by atoms with Gasteiger partial charge in [-0.05, 0) is 77.0 Å². The van der Waals surface area contributed by atoms with E-state index >= 15 is 0 Å². The molecule has 0 fully saturated rings. The van der Waals surface area contributed by atoms with Crippen molar-refractivity contribution in [2.75, 3.05) is 11.1 Å². The van der Waals surface area contributed by atoms with Crippen molar-refractivity contribution >= 4 is 36.2 Å². The van der Waals surface area contributed by atoms with Crippen molar-refractivity contribution in [2.24, 2.45) is 5.92 Å². The molecule has 39 heavy (non-hydrogen) atoms. The van der Waals surface area contributed by atoms with Crippen LogP contribution in [0.5, 0.6) is 0 Å². The molecule has 2 aromatic rings. The van der Waals surface area contributed by atoms with Gasteiger partial charge >= 0.3 is 6.09 Å². The Bertz CT molecular complexity index is 1090. The Hall–Kier alpha value is -3.00. The van der Waals surface area contributed by atoms with E-state index < -0.39 is 29.7 Å². The normalized spacial score (nSPS) is 13.8. The smallest absolute Gasteiger partial charge is 0.408 e. The summed E-state index contributed by atoms with van der Waals surface area (Å²) in [5.41, 5.74) is 2.54. The molecule has 7 nitrogen and oxygen atoms in total. The number of aryl methyl sites for hydroxylation is 2. The first-order valence-electron chi connectivity index (χ1n) is 13.6. The summed E-state index contributed by atoms with van der Waals surface area (Å²) in [6, 6.07) is 12.9.